The first kappa shape index (κ1) is 23.6. The number of halogens is 1. The number of aromatic nitrogens is 1. The molecule has 0 spiro atoms. The summed E-state index contributed by atoms with van der Waals surface area (Å²) in [7, 11) is 0. The van der Waals surface area contributed by atoms with Crippen LogP contribution in [0.2, 0.25) is 0 Å². The summed E-state index contributed by atoms with van der Waals surface area (Å²) in [5.74, 6) is -0.287. The van der Waals surface area contributed by atoms with Gasteiger partial charge in [0.15, 0.2) is 5.11 Å². The number of benzene rings is 3. The Morgan fingerprint density at radius 1 is 1.03 bits per heavy atom. The van der Waals surface area contributed by atoms with E-state index in [9.17, 15) is 9.18 Å². The van der Waals surface area contributed by atoms with E-state index in [2.05, 4.69) is 16.4 Å². The zero-order valence-corrected chi connectivity index (χ0v) is 20.4. The fourth-order valence-electron chi connectivity index (χ4n) is 4.00. The summed E-state index contributed by atoms with van der Waals surface area (Å²) in [5.41, 5.74) is 5.56. The van der Waals surface area contributed by atoms with Crippen molar-refractivity contribution in [2.75, 3.05) is 0 Å². The summed E-state index contributed by atoms with van der Waals surface area (Å²) in [6.07, 6.45) is 0. The summed E-state index contributed by atoms with van der Waals surface area (Å²) >= 11 is 5.78. The average molecular weight is 474 g/mol. The first-order chi connectivity index (χ1) is 16.3. The molecule has 0 bridgehead atoms. The van der Waals surface area contributed by atoms with Gasteiger partial charge in [-0.2, -0.15) is 0 Å². The number of fused-ring (bicyclic) bond motifs is 1. The summed E-state index contributed by atoms with van der Waals surface area (Å²) in [4.78, 5) is 18.0. The van der Waals surface area contributed by atoms with Crippen molar-refractivity contribution >= 4 is 28.2 Å². The maximum atomic E-state index is 13.5. The summed E-state index contributed by atoms with van der Waals surface area (Å²) in [6.45, 7) is 6.86. The Bertz CT molecular complexity index is 1370. The molecule has 0 aliphatic rings. The lowest BCUT2D eigenvalue weighted by atomic mass is 10.0. The molecule has 4 rings (SSSR count). The summed E-state index contributed by atoms with van der Waals surface area (Å²) < 4.78 is 13.5. The number of nitrogens with zero attached hydrogens (tertiary/aromatic N) is 1. The van der Waals surface area contributed by atoms with Crippen LogP contribution in [0, 0.1) is 19.7 Å². The molecule has 6 heteroatoms. The predicted octanol–water partition coefficient (Wildman–Crippen LogP) is 5.92. The second kappa shape index (κ2) is 10.2. The van der Waals surface area contributed by atoms with Crippen molar-refractivity contribution in [1.82, 2.24) is 15.2 Å². The third-order valence-electron chi connectivity index (χ3n) is 6.20. The van der Waals surface area contributed by atoms with E-state index < -0.39 is 0 Å². The molecule has 0 unspecified atom stereocenters. The SMILES string of the molecule is Cc1ccc2cc(CN(Cc3ccc(F)cc3)C(=S)N[C@H](C)c3ccccc3)c(=O)[nH]c2c1C. The lowest BCUT2D eigenvalue weighted by Gasteiger charge is -2.28. The maximum Gasteiger partial charge on any atom is 0.253 e. The van der Waals surface area contributed by atoms with E-state index in [1.165, 1.54) is 12.1 Å². The minimum Gasteiger partial charge on any atom is -0.356 e. The molecule has 0 saturated carbocycles. The van der Waals surface area contributed by atoms with Crippen molar-refractivity contribution < 1.29 is 4.39 Å². The van der Waals surface area contributed by atoms with Crippen molar-refractivity contribution in [3.63, 3.8) is 0 Å². The van der Waals surface area contributed by atoms with Crippen LogP contribution in [0.5, 0.6) is 0 Å². The monoisotopic (exact) mass is 473 g/mol. The van der Waals surface area contributed by atoms with Crippen LogP contribution < -0.4 is 10.9 Å². The van der Waals surface area contributed by atoms with Crippen LogP contribution in [-0.2, 0) is 13.1 Å². The maximum absolute atomic E-state index is 13.5. The summed E-state index contributed by atoms with van der Waals surface area (Å²) in [6, 6.07) is 22.4. The number of H-pyrrole nitrogens is 1. The molecule has 0 radical (unpaired) electrons. The predicted molar refractivity (Wildman–Crippen MR) is 140 cm³/mol. The van der Waals surface area contributed by atoms with E-state index in [1.807, 2.05) is 68.1 Å². The highest BCUT2D eigenvalue weighted by molar-refractivity contribution is 7.80. The summed E-state index contributed by atoms with van der Waals surface area (Å²) in [5, 5.41) is 4.90. The van der Waals surface area contributed by atoms with E-state index in [1.54, 1.807) is 12.1 Å². The normalized spacial score (nSPS) is 11.9. The molecule has 34 heavy (non-hydrogen) atoms. The van der Waals surface area contributed by atoms with Crippen LogP contribution >= 0.6 is 12.2 Å². The van der Waals surface area contributed by atoms with Crippen LogP contribution in [0.3, 0.4) is 0 Å². The standard InChI is InChI=1S/C28H28FN3OS/c1-18-9-12-23-15-24(27(33)31-26(23)19(18)2)17-32(16-21-10-13-25(29)14-11-21)28(34)30-20(3)22-7-5-4-6-8-22/h4-15,20H,16-17H2,1-3H3,(H,30,34)(H,31,33)/t20-/m1/s1. The van der Waals surface area contributed by atoms with Gasteiger partial charge in [0.1, 0.15) is 5.82 Å². The van der Waals surface area contributed by atoms with Crippen LogP contribution in [0.15, 0.2) is 77.6 Å². The van der Waals surface area contributed by atoms with Gasteiger partial charge in [-0.05, 0) is 78.8 Å². The fourth-order valence-corrected chi connectivity index (χ4v) is 4.31. The van der Waals surface area contributed by atoms with Gasteiger partial charge in [0.2, 0.25) is 0 Å². The Labute approximate surface area is 204 Å². The molecule has 0 saturated heterocycles. The van der Waals surface area contributed by atoms with Gasteiger partial charge in [-0.15, -0.1) is 0 Å². The Morgan fingerprint density at radius 3 is 2.44 bits per heavy atom. The van der Waals surface area contributed by atoms with Crippen molar-refractivity contribution in [2.45, 2.75) is 39.9 Å². The number of aryl methyl sites for hydroxylation is 2. The molecule has 0 aliphatic carbocycles. The smallest absolute Gasteiger partial charge is 0.253 e. The number of aromatic amines is 1. The lowest BCUT2D eigenvalue weighted by Crippen LogP contribution is -2.41. The topological polar surface area (TPSA) is 48.1 Å². The van der Waals surface area contributed by atoms with E-state index in [0.717, 1.165) is 33.2 Å². The molecule has 0 aliphatic heterocycles. The Balaban J connectivity index is 1.64. The van der Waals surface area contributed by atoms with Crippen LogP contribution in [0.4, 0.5) is 4.39 Å². The van der Waals surface area contributed by atoms with Crippen molar-refractivity contribution in [2.24, 2.45) is 0 Å². The van der Waals surface area contributed by atoms with E-state index >= 15 is 0 Å². The largest absolute Gasteiger partial charge is 0.356 e. The molecule has 4 aromatic rings. The van der Waals surface area contributed by atoms with Gasteiger partial charge in [-0.1, -0.05) is 54.6 Å². The fraction of sp³-hybridized carbons (Fsp3) is 0.214. The number of pyridine rings is 1. The molecule has 174 valence electrons. The Hall–Kier alpha value is -3.51. The average Bonchev–Trinajstić information content (AvgIpc) is 2.84. The van der Waals surface area contributed by atoms with Gasteiger partial charge in [0.05, 0.1) is 18.1 Å². The highest BCUT2D eigenvalue weighted by Crippen LogP contribution is 2.20. The Morgan fingerprint density at radius 2 is 1.74 bits per heavy atom. The third-order valence-corrected chi connectivity index (χ3v) is 6.58. The number of thiocarbonyl (C=S) groups is 1. The minimum atomic E-state index is -0.287. The first-order valence-corrected chi connectivity index (χ1v) is 11.7. The molecule has 2 N–H and O–H groups in total. The minimum absolute atomic E-state index is 0.00932. The van der Waals surface area contributed by atoms with Crippen LogP contribution in [0.25, 0.3) is 10.9 Å². The van der Waals surface area contributed by atoms with Crippen molar-refractivity contribution in [3.8, 4) is 0 Å². The van der Waals surface area contributed by atoms with Gasteiger partial charge in [0.25, 0.3) is 5.56 Å². The molecule has 1 atom stereocenters. The number of nitrogens with one attached hydrogen (secondary N) is 2. The lowest BCUT2D eigenvalue weighted by molar-refractivity contribution is 0.392. The first-order valence-electron chi connectivity index (χ1n) is 11.3. The number of rotatable bonds is 6. The van der Waals surface area contributed by atoms with E-state index in [4.69, 9.17) is 12.2 Å². The molecule has 0 amide bonds. The van der Waals surface area contributed by atoms with Gasteiger partial charge in [-0.25, -0.2) is 4.39 Å². The van der Waals surface area contributed by atoms with Crippen LogP contribution in [0.1, 0.15) is 40.8 Å². The molecule has 1 aromatic heterocycles. The highest BCUT2D eigenvalue weighted by atomic mass is 32.1. The van der Waals surface area contributed by atoms with Gasteiger partial charge < -0.3 is 15.2 Å². The molecule has 4 nitrogen and oxygen atoms in total. The molecular formula is C28H28FN3OS. The second-order valence-electron chi connectivity index (χ2n) is 8.66. The molecule has 1 heterocycles. The third kappa shape index (κ3) is 5.34. The van der Waals surface area contributed by atoms with Crippen molar-refractivity contribution in [1.29, 1.82) is 0 Å². The molecular weight excluding hydrogens is 445 g/mol. The zero-order chi connectivity index (χ0) is 24.2. The van der Waals surface area contributed by atoms with E-state index in [0.29, 0.717) is 23.8 Å². The van der Waals surface area contributed by atoms with Gasteiger partial charge >= 0.3 is 0 Å². The van der Waals surface area contributed by atoms with E-state index in [-0.39, 0.29) is 17.4 Å². The van der Waals surface area contributed by atoms with Crippen molar-refractivity contribution in [3.05, 3.63) is 117 Å². The molecule has 3 aromatic carbocycles. The molecule has 0 fully saturated rings. The zero-order valence-electron chi connectivity index (χ0n) is 19.6. The quantitative estimate of drug-likeness (QED) is 0.341. The number of hydrogen-bond acceptors (Lipinski definition) is 2. The van der Waals surface area contributed by atoms with Gasteiger partial charge in [-0.3, -0.25) is 4.79 Å². The Kier molecular flexibility index (Phi) is 7.08. The highest BCUT2D eigenvalue weighted by Gasteiger charge is 2.17. The van der Waals surface area contributed by atoms with Crippen LogP contribution in [-0.4, -0.2) is 15.0 Å². The second-order valence-corrected chi connectivity index (χ2v) is 9.05. The van der Waals surface area contributed by atoms with Gasteiger partial charge in [0, 0.05) is 12.1 Å². The number of hydrogen-bond donors (Lipinski definition) is 2.